The number of nitrogens with zero attached hydrogens (tertiary/aromatic N) is 1. The summed E-state index contributed by atoms with van der Waals surface area (Å²) >= 11 is 9.30. The third kappa shape index (κ3) is 1.83. The first kappa shape index (κ1) is 9.74. The van der Waals surface area contributed by atoms with Crippen LogP contribution in [-0.4, -0.2) is 4.98 Å². The van der Waals surface area contributed by atoms with Crippen LogP contribution < -0.4 is 0 Å². The average Bonchev–Trinajstić information content (AvgIpc) is 2.56. The van der Waals surface area contributed by atoms with Crippen LogP contribution in [0.4, 0.5) is 0 Å². The summed E-state index contributed by atoms with van der Waals surface area (Å²) in [5.41, 5.74) is 0.866. The number of aryl methyl sites for hydroxylation is 1. The first-order valence-corrected chi connectivity index (χ1v) is 5.22. The van der Waals surface area contributed by atoms with Crippen molar-refractivity contribution in [1.29, 1.82) is 0 Å². The lowest BCUT2D eigenvalue weighted by atomic mass is 10.2. The molecule has 1 aromatic carbocycles. The van der Waals surface area contributed by atoms with Crippen LogP contribution in [0.3, 0.4) is 0 Å². The van der Waals surface area contributed by atoms with Crippen molar-refractivity contribution in [3.8, 4) is 11.5 Å². The van der Waals surface area contributed by atoms with Crippen LogP contribution in [0.25, 0.3) is 11.5 Å². The minimum Gasteiger partial charge on any atom is -0.441 e. The third-order valence-corrected chi connectivity index (χ3v) is 2.71. The van der Waals surface area contributed by atoms with Gasteiger partial charge in [-0.1, -0.05) is 11.6 Å². The molecule has 0 aliphatic heterocycles. The first-order valence-electron chi connectivity index (χ1n) is 4.04. The predicted molar refractivity (Wildman–Crippen MR) is 59.4 cm³/mol. The number of benzene rings is 1. The van der Waals surface area contributed by atoms with E-state index >= 15 is 0 Å². The van der Waals surface area contributed by atoms with Gasteiger partial charge in [-0.25, -0.2) is 4.98 Å². The second kappa shape index (κ2) is 3.75. The monoisotopic (exact) mass is 271 g/mol. The van der Waals surface area contributed by atoms with Crippen LogP contribution in [0.1, 0.15) is 5.76 Å². The third-order valence-electron chi connectivity index (χ3n) is 1.78. The Morgan fingerprint density at radius 3 is 2.86 bits per heavy atom. The van der Waals surface area contributed by atoms with Crippen molar-refractivity contribution < 1.29 is 4.42 Å². The maximum absolute atomic E-state index is 5.88. The molecule has 0 spiro atoms. The molecule has 2 rings (SSSR count). The summed E-state index contributed by atoms with van der Waals surface area (Å²) in [6.45, 7) is 1.86. The van der Waals surface area contributed by atoms with E-state index < -0.39 is 0 Å². The zero-order valence-electron chi connectivity index (χ0n) is 7.42. The minimum absolute atomic E-state index is 0.580. The Bertz CT molecular complexity index is 467. The topological polar surface area (TPSA) is 26.0 Å². The molecule has 2 aromatic rings. The van der Waals surface area contributed by atoms with E-state index in [0.717, 1.165) is 15.8 Å². The minimum atomic E-state index is 0.580. The van der Waals surface area contributed by atoms with Crippen molar-refractivity contribution in [1.82, 2.24) is 4.98 Å². The fourth-order valence-corrected chi connectivity index (χ4v) is 1.73. The molecule has 0 aliphatic carbocycles. The summed E-state index contributed by atoms with van der Waals surface area (Å²) in [7, 11) is 0. The van der Waals surface area contributed by atoms with Crippen molar-refractivity contribution in [2.45, 2.75) is 6.92 Å². The highest BCUT2D eigenvalue weighted by atomic mass is 79.9. The van der Waals surface area contributed by atoms with Crippen LogP contribution in [0.2, 0.25) is 5.02 Å². The van der Waals surface area contributed by atoms with Crippen LogP contribution in [-0.2, 0) is 0 Å². The quantitative estimate of drug-likeness (QED) is 0.782. The first-order chi connectivity index (χ1) is 6.66. The highest BCUT2D eigenvalue weighted by Crippen LogP contribution is 2.30. The molecular formula is C10H7BrClNO. The Labute approximate surface area is 95.0 Å². The Balaban J connectivity index is 2.55. The predicted octanol–water partition coefficient (Wildman–Crippen LogP) is 4.07. The van der Waals surface area contributed by atoms with Gasteiger partial charge < -0.3 is 4.42 Å². The SMILES string of the molecule is Cc1cnc(-c2cc(Cl)ccc2Br)o1. The number of hydrogen-bond donors (Lipinski definition) is 0. The summed E-state index contributed by atoms with van der Waals surface area (Å²) in [4.78, 5) is 4.13. The molecule has 0 N–H and O–H groups in total. The van der Waals surface area contributed by atoms with Crippen molar-refractivity contribution in [2.24, 2.45) is 0 Å². The lowest BCUT2D eigenvalue weighted by molar-refractivity contribution is 0.542. The van der Waals surface area contributed by atoms with Gasteiger partial charge in [-0.3, -0.25) is 0 Å². The highest BCUT2D eigenvalue weighted by Gasteiger charge is 2.08. The Kier molecular flexibility index (Phi) is 2.61. The van der Waals surface area contributed by atoms with Gasteiger partial charge in [0.2, 0.25) is 5.89 Å². The molecule has 2 nitrogen and oxygen atoms in total. The van der Waals surface area contributed by atoms with Gasteiger partial charge in [-0.15, -0.1) is 0 Å². The second-order valence-corrected chi connectivity index (χ2v) is 4.19. The normalized spacial score (nSPS) is 10.5. The molecule has 0 fully saturated rings. The zero-order valence-corrected chi connectivity index (χ0v) is 9.76. The maximum atomic E-state index is 5.88. The van der Waals surface area contributed by atoms with Gasteiger partial charge in [0, 0.05) is 9.50 Å². The Morgan fingerprint density at radius 2 is 2.21 bits per heavy atom. The molecule has 0 atom stereocenters. The molecule has 0 aliphatic rings. The van der Waals surface area contributed by atoms with E-state index in [4.69, 9.17) is 16.0 Å². The van der Waals surface area contributed by atoms with Crippen molar-refractivity contribution in [2.75, 3.05) is 0 Å². The number of aromatic nitrogens is 1. The molecule has 72 valence electrons. The van der Waals surface area contributed by atoms with Crippen LogP contribution in [0.5, 0.6) is 0 Å². The van der Waals surface area contributed by atoms with Crippen molar-refractivity contribution >= 4 is 27.5 Å². The number of hydrogen-bond acceptors (Lipinski definition) is 2. The molecule has 1 heterocycles. The lowest BCUT2D eigenvalue weighted by Crippen LogP contribution is -1.79. The standard InChI is InChI=1S/C10H7BrClNO/c1-6-5-13-10(14-6)8-4-7(12)2-3-9(8)11/h2-5H,1H3. The molecule has 0 amide bonds. The van der Waals surface area contributed by atoms with E-state index in [1.165, 1.54) is 0 Å². The lowest BCUT2D eigenvalue weighted by Gasteiger charge is -1.99. The van der Waals surface area contributed by atoms with Crippen LogP contribution in [0, 0.1) is 6.92 Å². The second-order valence-electron chi connectivity index (χ2n) is 2.90. The molecule has 0 saturated carbocycles. The van der Waals surface area contributed by atoms with E-state index in [9.17, 15) is 0 Å². The van der Waals surface area contributed by atoms with Gasteiger partial charge >= 0.3 is 0 Å². The zero-order chi connectivity index (χ0) is 10.1. The molecule has 14 heavy (non-hydrogen) atoms. The Morgan fingerprint density at radius 1 is 1.43 bits per heavy atom. The average molecular weight is 273 g/mol. The summed E-state index contributed by atoms with van der Waals surface area (Å²) in [6.07, 6.45) is 1.68. The summed E-state index contributed by atoms with van der Waals surface area (Å²) < 4.78 is 6.33. The van der Waals surface area contributed by atoms with Crippen LogP contribution >= 0.6 is 27.5 Å². The summed E-state index contributed by atoms with van der Waals surface area (Å²) in [6, 6.07) is 5.50. The van der Waals surface area contributed by atoms with E-state index in [-0.39, 0.29) is 0 Å². The molecule has 4 heteroatoms. The fraction of sp³-hybridized carbons (Fsp3) is 0.100. The maximum Gasteiger partial charge on any atom is 0.227 e. The molecular weight excluding hydrogens is 265 g/mol. The number of halogens is 2. The summed E-state index contributed by atoms with van der Waals surface area (Å²) in [5.74, 6) is 1.36. The largest absolute Gasteiger partial charge is 0.441 e. The van der Waals surface area contributed by atoms with Crippen molar-refractivity contribution in [3.05, 3.63) is 39.7 Å². The van der Waals surface area contributed by atoms with E-state index in [1.807, 2.05) is 25.1 Å². The van der Waals surface area contributed by atoms with Gasteiger partial charge in [0.05, 0.1) is 11.8 Å². The van der Waals surface area contributed by atoms with Crippen LogP contribution in [0.15, 0.2) is 33.3 Å². The van der Waals surface area contributed by atoms with Gasteiger partial charge in [-0.2, -0.15) is 0 Å². The van der Waals surface area contributed by atoms with Crippen molar-refractivity contribution in [3.63, 3.8) is 0 Å². The highest BCUT2D eigenvalue weighted by molar-refractivity contribution is 9.10. The smallest absolute Gasteiger partial charge is 0.227 e. The number of rotatable bonds is 1. The van der Waals surface area contributed by atoms with Gasteiger partial charge in [0.1, 0.15) is 5.76 Å². The van der Waals surface area contributed by atoms with E-state index in [0.29, 0.717) is 10.9 Å². The molecule has 0 saturated heterocycles. The van der Waals surface area contributed by atoms with Gasteiger partial charge in [0.15, 0.2) is 0 Å². The van der Waals surface area contributed by atoms with Gasteiger partial charge in [-0.05, 0) is 41.1 Å². The Hall–Kier alpha value is -0.800. The molecule has 0 radical (unpaired) electrons. The van der Waals surface area contributed by atoms with Gasteiger partial charge in [0.25, 0.3) is 0 Å². The fourth-order valence-electron chi connectivity index (χ4n) is 1.14. The molecule has 0 bridgehead atoms. The number of oxazole rings is 1. The summed E-state index contributed by atoms with van der Waals surface area (Å²) in [5, 5.41) is 0.666. The van der Waals surface area contributed by atoms with E-state index in [2.05, 4.69) is 20.9 Å². The molecule has 1 aromatic heterocycles. The molecule has 0 unspecified atom stereocenters. The van der Waals surface area contributed by atoms with E-state index in [1.54, 1.807) is 6.20 Å².